The molecule has 1 atom stereocenters. The van der Waals surface area contributed by atoms with Crippen molar-refractivity contribution in [3.8, 4) is 0 Å². The van der Waals surface area contributed by atoms with Crippen molar-refractivity contribution in [2.75, 3.05) is 18.4 Å². The Kier molecular flexibility index (Phi) is 5.65. The normalized spacial score (nSPS) is 12.5. The van der Waals surface area contributed by atoms with Crippen molar-refractivity contribution in [2.24, 2.45) is 11.7 Å². The van der Waals surface area contributed by atoms with E-state index in [0.29, 0.717) is 5.92 Å². The lowest BCUT2D eigenvalue weighted by molar-refractivity contribution is 0.501. The lowest BCUT2D eigenvalue weighted by Crippen LogP contribution is -2.18. The van der Waals surface area contributed by atoms with Gasteiger partial charge in [0.05, 0.1) is 4.47 Å². The van der Waals surface area contributed by atoms with Gasteiger partial charge in [0.15, 0.2) is 0 Å². The molecule has 1 aromatic heterocycles. The van der Waals surface area contributed by atoms with Crippen LogP contribution in [0.25, 0.3) is 0 Å². The van der Waals surface area contributed by atoms with Gasteiger partial charge in [-0.05, 0) is 46.9 Å². The van der Waals surface area contributed by atoms with E-state index in [1.165, 1.54) is 0 Å². The number of hydrogen-bond donors (Lipinski definition) is 2. The van der Waals surface area contributed by atoms with Gasteiger partial charge in [0.2, 0.25) is 0 Å². The fourth-order valence-corrected chi connectivity index (χ4v) is 1.84. The third-order valence-electron chi connectivity index (χ3n) is 2.47. The third-order valence-corrected chi connectivity index (χ3v) is 3.11. The predicted octanol–water partition coefficient (Wildman–Crippen LogP) is 2.63. The summed E-state index contributed by atoms with van der Waals surface area (Å²) in [6.45, 7) is 3.88. The first kappa shape index (κ1) is 12.5. The van der Waals surface area contributed by atoms with Crippen LogP contribution in [0.15, 0.2) is 22.8 Å². The minimum absolute atomic E-state index is 0.629. The Morgan fingerprint density at radius 1 is 1.60 bits per heavy atom. The summed E-state index contributed by atoms with van der Waals surface area (Å²) in [6, 6.07) is 3.89. The van der Waals surface area contributed by atoms with Crippen molar-refractivity contribution in [1.82, 2.24) is 4.98 Å². The summed E-state index contributed by atoms with van der Waals surface area (Å²) in [7, 11) is 0. The van der Waals surface area contributed by atoms with E-state index in [9.17, 15) is 0 Å². The first-order chi connectivity index (χ1) is 7.27. The molecule has 0 radical (unpaired) electrons. The van der Waals surface area contributed by atoms with Gasteiger partial charge in [0.1, 0.15) is 5.82 Å². The van der Waals surface area contributed by atoms with Gasteiger partial charge in [-0.25, -0.2) is 4.98 Å². The average molecular weight is 272 g/mol. The molecule has 0 aliphatic rings. The van der Waals surface area contributed by atoms with Crippen molar-refractivity contribution in [3.63, 3.8) is 0 Å². The van der Waals surface area contributed by atoms with Crippen LogP contribution in [0.1, 0.15) is 19.8 Å². The lowest BCUT2D eigenvalue weighted by Gasteiger charge is -2.15. The molecular weight excluding hydrogens is 254 g/mol. The van der Waals surface area contributed by atoms with Gasteiger partial charge in [-0.3, -0.25) is 0 Å². The van der Waals surface area contributed by atoms with Crippen LogP contribution in [0.4, 0.5) is 5.82 Å². The highest BCUT2D eigenvalue weighted by Crippen LogP contribution is 2.19. The highest BCUT2D eigenvalue weighted by atomic mass is 79.9. The molecule has 0 fully saturated rings. The number of nitrogens with one attached hydrogen (secondary N) is 1. The van der Waals surface area contributed by atoms with E-state index in [2.05, 4.69) is 33.2 Å². The first-order valence-corrected chi connectivity index (χ1v) is 6.11. The zero-order valence-corrected chi connectivity index (χ0v) is 10.6. The van der Waals surface area contributed by atoms with Crippen LogP contribution in [-0.2, 0) is 0 Å². The SMILES string of the molecule is CCC(CCN)CNc1ncccc1Br. The van der Waals surface area contributed by atoms with Gasteiger partial charge in [0, 0.05) is 12.7 Å². The maximum atomic E-state index is 5.55. The molecule has 1 aromatic rings. The molecule has 3 N–H and O–H groups in total. The number of halogens is 1. The number of pyridine rings is 1. The highest BCUT2D eigenvalue weighted by molar-refractivity contribution is 9.10. The van der Waals surface area contributed by atoms with Crippen molar-refractivity contribution in [1.29, 1.82) is 0 Å². The van der Waals surface area contributed by atoms with Crippen LogP contribution >= 0.6 is 15.9 Å². The van der Waals surface area contributed by atoms with E-state index in [-0.39, 0.29) is 0 Å². The number of rotatable bonds is 6. The van der Waals surface area contributed by atoms with Gasteiger partial charge in [-0.1, -0.05) is 13.3 Å². The van der Waals surface area contributed by atoms with E-state index in [0.717, 1.165) is 36.2 Å². The largest absolute Gasteiger partial charge is 0.369 e. The Morgan fingerprint density at radius 2 is 2.40 bits per heavy atom. The predicted molar refractivity (Wildman–Crippen MR) is 67.9 cm³/mol. The monoisotopic (exact) mass is 271 g/mol. The smallest absolute Gasteiger partial charge is 0.140 e. The Balaban J connectivity index is 2.45. The molecule has 0 amide bonds. The third kappa shape index (κ3) is 4.18. The van der Waals surface area contributed by atoms with Gasteiger partial charge in [-0.15, -0.1) is 0 Å². The molecule has 0 aliphatic heterocycles. The zero-order valence-electron chi connectivity index (χ0n) is 9.04. The van der Waals surface area contributed by atoms with Crippen molar-refractivity contribution < 1.29 is 0 Å². The molecule has 84 valence electrons. The first-order valence-electron chi connectivity index (χ1n) is 5.32. The van der Waals surface area contributed by atoms with Gasteiger partial charge < -0.3 is 11.1 Å². The fraction of sp³-hybridized carbons (Fsp3) is 0.545. The molecule has 0 saturated heterocycles. The molecule has 4 heteroatoms. The minimum Gasteiger partial charge on any atom is -0.369 e. The van der Waals surface area contributed by atoms with Crippen LogP contribution < -0.4 is 11.1 Å². The maximum absolute atomic E-state index is 5.55. The number of aromatic nitrogens is 1. The summed E-state index contributed by atoms with van der Waals surface area (Å²) in [4.78, 5) is 4.26. The van der Waals surface area contributed by atoms with Gasteiger partial charge in [-0.2, -0.15) is 0 Å². The standard InChI is InChI=1S/C11H18BrN3/c1-2-9(5-6-13)8-15-11-10(12)4-3-7-14-11/h3-4,7,9H,2,5-6,8,13H2,1H3,(H,14,15). The second-order valence-electron chi connectivity index (χ2n) is 3.57. The van der Waals surface area contributed by atoms with Crippen molar-refractivity contribution in [3.05, 3.63) is 22.8 Å². The molecule has 1 unspecified atom stereocenters. The quantitative estimate of drug-likeness (QED) is 0.837. The maximum Gasteiger partial charge on any atom is 0.140 e. The summed E-state index contributed by atoms with van der Waals surface area (Å²) >= 11 is 3.46. The Bertz CT molecular complexity index is 291. The average Bonchev–Trinajstić information content (AvgIpc) is 2.26. The molecule has 3 nitrogen and oxygen atoms in total. The summed E-state index contributed by atoms with van der Waals surface area (Å²) in [5.74, 6) is 1.54. The molecular formula is C11H18BrN3. The Morgan fingerprint density at radius 3 is 3.00 bits per heavy atom. The molecule has 1 heterocycles. The highest BCUT2D eigenvalue weighted by Gasteiger charge is 2.06. The van der Waals surface area contributed by atoms with Gasteiger partial charge in [0.25, 0.3) is 0 Å². The summed E-state index contributed by atoms with van der Waals surface area (Å²) in [6.07, 6.45) is 4.00. The van der Waals surface area contributed by atoms with Crippen LogP contribution in [0, 0.1) is 5.92 Å². The summed E-state index contributed by atoms with van der Waals surface area (Å²) in [5, 5.41) is 3.34. The van der Waals surface area contributed by atoms with Gasteiger partial charge >= 0.3 is 0 Å². The van der Waals surface area contributed by atoms with Crippen LogP contribution in [-0.4, -0.2) is 18.1 Å². The minimum atomic E-state index is 0.629. The van der Waals surface area contributed by atoms with E-state index in [1.54, 1.807) is 6.20 Å². The number of nitrogens with two attached hydrogens (primary N) is 1. The molecule has 0 aliphatic carbocycles. The lowest BCUT2D eigenvalue weighted by atomic mass is 10.0. The van der Waals surface area contributed by atoms with Crippen molar-refractivity contribution in [2.45, 2.75) is 19.8 Å². The molecule has 0 saturated carbocycles. The number of hydrogen-bond acceptors (Lipinski definition) is 3. The Labute approximate surface area is 99.6 Å². The zero-order chi connectivity index (χ0) is 11.1. The second kappa shape index (κ2) is 6.80. The van der Waals surface area contributed by atoms with Crippen LogP contribution in [0.3, 0.4) is 0 Å². The molecule has 15 heavy (non-hydrogen) atoms. The van der Waals surface area contributed by atoms with Crippen LogP contribution in [0.5, 0.6) is 0 Å². The Hall–Kier alpha value is -0.610. The van der Waals surface area contributed by atoms with E-state index in [1.807, 2.05) is 12.1 Å². The van der Waals surface area contributed by atoms with E-state index in [4.69, 9.17) is 5.73 Å². The van der Waals surface area contributed by atoms with Crippen molar-refractivity contribution >= 4 is 21.7 Å². The van der Waals surface area contributed by atoms with E-state index < -0.39 is 0 Å². The summed E-state index contributed by atoms with van der Waals surface area (Å²) in [5.41, 5.74) is 5.55. The second-order valence-corrected chi connectivity index (χ2v) is 4.42. The topological polar surface area (TPSA) is 50.9 Å². The summed E-state index contributed by atoms with van der Waals surface area (Å²) < 4.78 is 1.01. The molecule has 1 rings (SSSR count). The van der Waals surface area contributed by atoms with E-state index >= 15 is 0 Å². The molecule has 0 spiro atoms. The molecule has 0 aromatic carbocycles. The van der Waals surface area contributed by atoms with Crippen LogP contribution in [0.2, 0.25) is 0 Å². The molecule has 0 bridgehead atoms. The fourth-order valence-electron chi connectivity index (χ4n) is 1.44. The number of anilines is 1. The number of nitrogens with zero attached hydrogens (tertiary/aromatic N) is 1.